The molecule has 1 heterocycles. The average molecular weight is 291 g/mol. The minimum Gasteiger partial charge on any atom is -0.479 e. The number of aliphatic carboxylic acids is 1. The van der Waals surface area contributed by atoms with Crippen LogP contribution in [-0.4, -0.2) is 39.8 Å². The van der Waals surface area contributed by atoms with Crippen molar-refractivity contribution in [1.82, 2.24) is 4.90 Å². The number of fused-ring (bicyclic) bond motifs is 1. The van der Waals surface area contributed by atoms with Crippen LogP contribution in [0.2, 0.25) is 0 Å². The summed E-state index contributed by atoms with van der Waals surface area (Å²) in [5.41, 5.74) is 2.26. The SMILES string of the molecule is CC(O)(CN1CCc2ccc(C(C)(C)C)cc2C1)C(=O)O. The molecule has 1 aliphatic heterocycles. The molecule has 4 heteroatoms. The second kappa shape index (κ2) is 5.43. The summed E-state index contributed by atoms with van der Waals surface area (Å²) in [5.74, 6) is -1.17. The number of carboxylic acid groups (broad SMARTS) is 1. The van der Waals surface area contributed by atoms with Gasteiger partial charge in [0.15, 0.2) is 5.60 Å². The van der Waals surface area contributed by atoms with E-state index < -0.39 is 11.6 Å². The first-order valence-corrected chi connectivity index (χ1v) is 7.40. The lowest BCUT2D eigenvalue weighted by Crippen LogP contribution is -2.48. The van der Waals surface area contributed by atoms with Gasteiger partial charge in [0.1, 0.15) is 0 Å². The molecule has 0 amide bonds. The first kappa shape index (κ1) is 16.0. The minimum atomic E-state index is -1.70. The Bertz CT molecular complexity index is 543. The van der Waals surface area contributed by atoms with Gasteiger partial charge in [0, 0.05) is 19.6 Å². The van der Waals surface area contributed by atoms with E-state index >= 15 is 0 Å². The molecule has 21 heavy (non-hydrogen) atoms. The van der Waals surface area contributed by atoms with Crippen molar-refractivity contribution in [2.45, 2.75) is 51.7 Å². The van der Waals surface area contributed by atoms with Crippen molar-refractivity contribution in [3.63, 3.8) is 0 Å². The van der Waals surface area contributed by atoms with Gasteiger partial charge in [0.25, 0.3) is 0 Å². The highest BCUT2D eigenvalue weighted by Gasteiger charge is 2.33. The van der Waals surface area contributed by atoms with Gasteiger partial charge in [0.2, 0.25) is 0 Å². The van der Waals surface area contributed by atoms with Crippen LogP contribution in [-0.2, 0) is 23.2 Å². The number of hydrogen-bond donors (Lipinski definition) is 2. The van der Waals surface area contributed by atoms with Gasteiger partial charge in [-0.2, -0.15) is 0 Å². The third kappa shape index (κ3) is 3.63. The summed E-state index contributed by atoms with van der Waals surface area (Å²) < 4.78 is 0. The van der Waals surface area contributed by atoms with E-state index in [0.29, 0.717) is 6.54 Å². The van der Waals surface area contributed by atoms with Crippen molar-refractivity contribution in [3.05, 3.63) is 34.9 Å². The zero-order chi connectivity index (χ0) is 15.8. The molecule has 0 radical (unpaired) electrons. The van der Waals surface area contributed by atoms with Gasteiger partial charge >= 0.3 is 5.97 Å². The van der Waals surface area contributed by atoms with Crippen LogP contribution in [0.5, 0.6) is 0 Å². The molecule has 0 saturated carbocycles. The molecule has 0 aromatic heterocycles. The van der Waals surface area contributed by atoms with E-state index in [-0.39, 0.29) is 12.0 Å². The summed E-state index contributed by atoms with van der Waals surface area (Å²) in [6.07, 6.45) is 0.898. The molecule has 0 aliphatic carbocycles. The van der Waals surface area contributed by atoms with E-state index in [2.05, 4.69) is 39.0 Å². The van der Waals surface area contributed by atoms with E-state index in [9.17, 15) is 9.90 Å². The number of nitrogens with zero attached hydrogens (tertiary/aromatic N) is 1. The first-order valence-electron chi connectivity index (χ1n) is 7.40. The van der Waals surface area contributed by atoms with Gasteiger partial charge in [-0.1, -0.05) is 39.0 Å². The summed E-state index contributed by atoms with van der Waals surface area (Å²) in [5, 5.41) is 19.0. The second-order valence-electron chi connectivity index (χ2n) is 7.27. The quantitative estimate of drug-likeness (QED) is 0.896. The molecule has 1 aromatic rings. The highest BCUT2D eigenvalue weighted by molar-refractivity contribution is 5.76. The van der Waals surface area contributed by atoms with Crippen LogP contribution < -0.4 is 0 Å². The van der Waals surface area contributed by atoms with E-state index in [1.807, 2.05) is 4.90 Å². The molecule has 0 spiro atoms. The lowest BCUT2D eigenvalue weighted by molar-refractivity contribution is -0.158. The molecule has 4 nitrogen and oxygen atoms in total. The fourth-order valence-corrected chi connectivity index (χ4v) is 2.72. The lowest BCUT2D eigenvalue weighted by atomic mass is 9.84. The lowest BCUT2D eigenvalue weighted by Gasteiger charge is -2.33. The molecule has 0 bridgehead atoms. The normalized spacial score (nSPS) is 18.9. The third-order valence-electron chi connectivity index (χ3n) is 4.16. The predicted octanol–water partition coefficient (Wildman–Crippen LogP) is 2.18. The number of hydrogen-bond acceptors (Lipinski definition) is 3. The van der Waals surface area contributed by atoms with E-state index in [4.69, 9.17) is 5.11 Å². The smallest absolute Gasteiger partial charge is 0.336 e. The molecule has 2 N–H and O–H groups in total. The van der Waals surface area contributed by atoms with Crippen LogP contribution in [0.15, 0.2) is 18.2 Å². The maximum Gasteiger partial charge on any atom is 0.336 e. The van der Waals surface area contributed by atoms with E-state index in [1.165, 1.54) is 23.6 Å². The Morgan fingerprint density at radius 1 is 1.24 bits per heavy atom. The van der Waals surface area contributed by atoms with E-state index in [0.717, 1.165) is 13.0 Å². The second-order valence-corrected chi connectivity index (χ2v) is 7.27. The minimum absolute atomic E-state index is 0.101. The molecule has 1 unspecified atom stereocenters. The van der Waals surface area contributed by atoms with Gasteiger partial charge in [-0.05, 0) is 35.4 Å². The van der Waals surface area contributed by atoms with Crippen LogP contribution >= 0.6 is 0 Å². The highest BCUT2D eigenvalue weighted by atomic mass is 16.4. The van der Waals surface area contributed by atoms with Crippen molar-refractivity contribution >= 4 is 5.97 Å². The molecule has 0 saturated heterocycles. The molecule has 1 aromatic carbocycles. The summed E-state index contributed by atoms with van der Waals surface area (Å²) in [6.45, 7) is 9.55. The maximum absolute atomic E-state index is 11.0. The first-order chi connectivity index (χ1) is 9.59. The maximum atomic E-state index is 11.0. The van der Waals surface area contributed by atoms with Crippen LogP contribution in [0.1, 0.15) is 44.4 Å². The molecule has 116 valence electrons. The number of benzene rings is 1. The third-order valence-corrected chi connectivity index (χ3v) is 4.16. The number of β-amino-alcohol motifs (C(OH)–C–C–N with tert-alkyl or cyclic N) is 1. The fourth-order valence-electron chi connectivity index (χ4n) is 2.72. The van der Waals surface area contributed by atoms with Crippen molar-refractivity contribution in [2.24, 2.45) is 0 Å². The van der Waals surface area contributed by atoms with Crippen molar-refractivity contribution in [2.75, 3.05) is 13.1 Å². The van der Waals surface area contributed by atoms with E-state index in [1.54, 1.807) is 0 Å². The van der Waals surface area contributed by atoms with Crippen LogP contribution in [0.4, 0.5) is 0 Å². The van der Waals surface area contributed by atoms with Gasteiger partial charge in [0.05, 0.1) is 0 Å². The Morgan fingerprint density at radius 2 is 1.90 bits per heavy atom. The molecule has 1 atom stereocenters. The number of carboxylic acids is 1. The topological polar surface area (TPSA) is 60.8 Å². The number of rotatable bonds is 3. The van der Waals surface area contributed by atoms with Crippen molar-refractivity contribution < 1.29 is 15.0 Å². The predicted molar refractivity (Wildman–Crippen MR) is 82.4 cm³/mol. The standard InChI is InChI=1S/C17H25NO3/c1-16(2,3)14-6-5-12-7-8-18(10-13(12)9-14)11-17(4,21)15(19)20/h5-6,9,21H,7-8,10-11H2,1-4H3,(H,19,20). The van der Waals surface area contributed by atoms with Crippen molar-refractivity contribution in [1.29, 1.82) is 0 Å². The summed E-state index contributed by atoms with van der Waals surface area (Å²) in [7, 11) is 0. The van der Waals surface area contributed by atoms with Crippen LogP contribution in [0.3, 0.4) is 0 Å². The Hall–Kier alpha value is -1.39. The zero-order valence-electron chi connectivity index (χ0n) is 13.3. The molecule has 0 fully saturated rings. The molecular weight excluding hydrogens is 266 g/mol. The highest BCUT2D eigenvalue weighted by Crippen LogP contribution is 2.28. The Labute approximate surface area is 126 Å². The monoisotopic (exact) mass is 291 g/mol. The zero-order valence-corrected chi connectivity index (χ0v) is 13.3. The fraction of sp³-hybridized carbons (Fsp3) is 0.588. The Morgan fingerprint density at radius 3 is 2.48 bits per heavy atom. The molecule has 2 rings (SSSR count). The largest absolute Gasteiger partial charge is 0.479 e. The summed E-state index contributed by atoms with van der Waals surface area (Å²) in [4.78, 5) is 13.1. The van der Waals surface area contributed by atoms with Gasteiger partial charge in [-0.15, -0.1) is 0 Å². The summed E-state index contributed by atoms with van der Waals surface area (Å²) in [6, 6.07) is 6.58. The van der Waals surface area contributed by atoms with Gasteiger partial charge in [-0.3, -0.25) is 4.90 Å². The molecular formula is C17H25NO3. The van der Waals surface area contributed by atoms with Crippen LogP contribution in [0, 0.1) is 0 Å². The van der Waals surface area contributed by atoms with Gasteiger partial charge < -0.3 is 10.2 Å². The molecule has 1 aliphatic rings. The van der Waals surface area contributed by atoms with Crippen molar-refractivity contribution in [3.8, 4) is 0 Å². The van der Waals surface area contributed by atoms with Crippen LogP contribution in [0.25, 0.3) is 0 Å². The van der Waals surface area contributed by atoms with Gasteiger partial charge in [-0.25, -0.2) is 4.79 Å². The summed E-state index contributed by atoms with van der Waals surface area (Å²) >= 11 is 0. The Kier molecular flexibility index (Phi) is 4.13. The number of aliphatic hydroxyl groups is 1. The number of carbonyl (C=O) groups is 1. The Balaban J connectivity index is 2.18. The average Bonchev–Trinajstić information content (AvgIpc) is 2.36.